The highest BCUT2D eigenvalue weighted by molar-refractivity contribution is 6.31. The topological polar surface area (TPSA) is 79.2 Å². The van der Waals surface area contributed by atoms with Gasteiger partial charge in [-0.05, 0) is 25.1 Å². The molecule has 0 unspecified atom stereocenters. The lowest BCUT2D eigenvalue weighted by Gasteiger charge is -2.07. The SMILES string of the molecule is C/C=C/C(=O)OCC(=O)Nc1cc(Cl)ccc1C#N. The molecule has 0 saturated heterocycles. The van der Waals surface area contributed by atoms with Crippen molar-refractivity contribution >= 4 is 29.2 Å². The van der Waals surface area contributed by atoms with Crippen LogP contribution in [0.15, 0.2) is 30.4 Å². The molecule has 0 atom stereocenters. The average molecular weight is 279 g/mol. The first-order chi connectivity index (χ1) is 9.06. The van der Waals surface area contributed by atoms with E-state index in [0.717, 1.165) is 0 Å². The van der Waals surface area contributed by atoms with Crippen LogP contribution in [0, 0.1) is 11.3 Å². The van der Waals surface area contributed by atoms with Gasteiger partial charge in [0.15, 0.2) is 6.61 Å². The number of amides is 1. The maximum atomic E-state index is 11.5. The van der Waals surface area contributed by atoms with Crippen molar-refractivity contribution in [1.82, 2.24) is 0 Å². The standard InChI is InChI=1S/C13H11ClN2O3/c1-2-3-13(18)19-8-12(17)16-11-6-10(14)5-4-9(11)7-15/h2-6H,8H2,1H3,(H,16,17)/b3-2+. The molecule has 0 heterocycles. The number of hydrogen-bond donors (Lipinski definition) is 1. The maximum Gasteiger partial charge on any atom is 0.330 e. The Kier molecular flexibility index (Phi) is 5.58. The number of nitrogens with zero attached hydrogens (tertiary/aromatic N) is 1. The van der Waals surface area contributed by atoms with E-state index in [-0.39, 0.29) is 11.3 Å². The van der Waals surface area contributed by atoms with Gasteiger partial charge in [-0.1, -0.05) is 17.7 Å². The maximum absolute atomic E-state index is 11.5. The number of benzene rings is 1. The summed E-state index contributed by atoms with van der Waals surface area (Å²) in [7, 11) is 0. The van der Waals surface area contributed by atoms with Gasteiger partial charge in [0.05, 0.1) is 11.3 Å². The van der Waals surface area contributed by atoms with E-state index in [1.165, 1.54) is 24.3 Å². The molecule has 0 aromatic heterocycles. The smallest absolute Gasteiger partial charge is 0.330 e. The monoisotopic (exact) mass is 278 g/mol. The van der Waals surface area contributed by atoms with E-state index in [0.29, 0.717) is 5.02 Å². The summed E-state index contributed by atoms with van der Waals surface area (Å²) in [6.07, 6.45) is 2.71. The fourth-order valence-electron chi connectivity index (χ4n) is 1.22. The second-order valence-corrected chi connectivity index (χ2v) is 3.89. The van der Waals surface area contributed by atoms with Gasteiger partial charge in [-0.15, -0.1) is 0 Å². The molecular formula is C13H11ClN2O3. The quantitative estimate of drug-likeness (QED) is 0.677. The molecule has 0 bridgehead atoms. The molecule has 0 aliphatic rings. The number of rotatable bonds is 4. The van der Waals surface area contributed by atoms with Crippen molar-refractivity contribution in [2.45, 2.75) is 6.92 Å². The van der Waals surface area contributed by atoms with E-state index in [9.17, 15) is 9.59 Å². The van der Waals surface area contributed by atoms with Crippen molar-refractivity contribution in [3.8, 4) is 6.07 Å². The number of allylic oxidation sites excluding steroid dienone is 1. The van der Waals surface area contributed by atoms with Crippen molar-refractivity contribution in [3.63, 3.8) is 0 Å². The molecule has 1 aromatic carbocycles. The molecule has 1 rings (SSSR count). The summed E-state index contributed by atoms with van der Waals surface area (Å²) >= 11 is 5.77. The molecule has 0 fully saturated rings. The zero-order chi connectivity index (χ0) is 14.3. The Hall–Kier alpha value is -2.32. The van der Waals surface area contributed by atoms with Gasteiger partial charge < -0.3 is 10.1 Å². The van der Waals surface area contributed by atoms with Crippen LogP contribution in [0.1, 0.15) is 12.5 Å². The fourth-order valence-corrected chi connectivity index (χ4v) is 1.40. The van der Waals surface area contributed by atoms with Crippen LogP contribution in [0.3, 0.4) is 0 Å². The lowest BCUT2D eigenvalue weighted by Crippen LogP contribution is -2.20. The first-order valence-electron chi connectivity index (χ1n) is 5.35. The number of halogens is 1. The van der Waals surface area contributed by atoms with Crippen molar-refractivity contribution in [3.05, 3.63) is 40.9 Å². The third-order valence-electron chi connectivity index (χ3n) is 2.02. The number of hydrogen-bond acceptors (Lipinski definition) is 4. The lowest BCUT2D eigenvalue weighted by molar-refractivity contribution is -0.142. The highest BCUT2D eigenvalue weighted by Gasteiger charge is 2.09. The first-order valence-corrected chi connectivity index (χ1v) is 5.73. The second-order valence-electron chi connectivity index (χ2n) is 3.46. The number of esters is 1. The number of carbonyl (C=O) groups is 2. The molecule has 1 amide bonds. The normalized spacial score (nSPS) is 9.95. The van der Waals surface area contributed by atoms with Crippen LogP contribution in [0.5, 0.6) is 0 Å². The number of ether oxygens (including phenoxy) is 1. The van der Waals surface area contributed by atoms with Crippen LogP contribution in [0.2, 0.25) is 5.02 Å². The molecule has 0 aliphatic carbocycles. The van der Waals surface area contributed by atoms with E-state index < -0.39 is 18.5 Å². The zero-order valence-corrected chi connectivity index (χ0v) is 10.9. The van der Waals surface area contributed by atoms with Gasteiger partial charge in [0.1, 0.15) is 6.07 Å². The predicted molar refractivity (Wildman–Crippen MR) is 70.6 cm³/mol. The molecule has 19 heavy (non-hydrogen) atoms. The molecule has 98 valence electrons. The molecule has 0 radical (unpaired) electrons. The van der Waals surface area contributed by atoms with E-state index >= 15 is 0 Å². The number of nitrogens with one attached hydrogen (secondary N) is 1. The van der Waals surface area contributed by atoms with Crippen molar-refractivity contribution in [2.24, 2.45) is 0 Å². The molecule has 1 aromatic rings. The molecule has 0 spiro atoms. The van der Waals surface area contributed by atoms with E-state index in [1.54, 1.807) is 13.0 Å². The summed E-state index contributed by atoms with van der Waals surface area (Å²) in [6.45, 7) is 1.23. The van der Waals surface area contributed by atoms with Crippen molar-refractivity contribution < 1.29 is 14.3 Å². The predicted octanol–water partition coefficient (Wildman–Crippen LogP) is 2.27. The second kappa shape index (κ2) is 7.19. The minimum atomic E-state index is -0.607. The Morgan fingerprint density at radius 1 is 1.53 bits per heavy atom. The van der Waals surface area contributed by atoms with Crippen LogP contribution in [0.4, 0.5) is 5.69 Å². The summed E-state index contributed by atoms with van der Waals surface area (Å²) in [5, 5.41) is 11.7. The summed E-state index contributed by atoms with van der Waals surface area (Å²) < 4.78 is 4.67. The van der Waals surface area contributed by atoms with Gasteiger partial charge in [0.25, 0.3) is 5.91 Å². The largest absolute Gasteiger partial charge is 0.452 e. The van der Waals surface area contributed by atoms with Crippen LogP contribution in [-0.2, 0) is 14.3 Å². The Bertz CT molecular complexity index is 561. The van der Waals surface area contributed by atoms with E-state index in [1.807, 2.05) is 6.07 Å². The summed E-state index contributed by atoms with van der Waals surface area (Å²) in [5.74, 6) is -1.15. The third-order valence-corrected chi connectivity index (χ3v) is 2.26. The molecule has 6 heteroatoms. The van der Waals surface area contributed by atoms with Gasteiger partial charge in [-0.2, -0.15) is 5.26 Å². The number of anilines is 1. The van der Waals surface area contributed by atoms with Crippen molar-refractivity contribution in [2.75, 3.05) is 11.9 Å². The molecule has 0 saturated carbocycles. The van der Waals surface area contributed by atoms with E-state index in [2.05, 4.69) is 10.1 Å². The van der Waals surface area contributed by atoms with Gasteiger partial charge in [0, 0.05) is 11.1 Å². The average Bonchev–Trinajstić information content (AvgIpc) is 2.37. The Morgan fingerprint density at radius 2 is 2.26 bits per heavy atom. The molecular weight excluding hydrogens is 268 g/mol. The first kappa shape index (κ1) is 14.7. The number of carbonyl (C=O) groups excluding carboxylic acids is 2. The molecule has 0 aliphatic heterocycles. The zero-order valence-electron chi connectivity index (χ0n) is 10.1. The van der Waals surface area contributed by atoms with Gasteiger partial charge in [0.2, 0.25) is 0 Å². The van der Waals surface area contributed by atoms with Gasteiger partial charge in [-0.3, -0.25) is 4.79 Å². The van der Waals surface area contributed by atoms with Crippen LogP contribution >= 0.6 is 11.6 Å². The molecule has 1 N–H and O–H groups in total. The van der Waals surface area contributed by atoms with Crippen LogP contribution < -0.4 is 5.32 Å². The minimum Gasteiger partial charge on any atom is -0.452 e. The highest BCUT2D eigenvalue weighted by atomic mass is 35.5. The van der Waals surface area contributed by atoms with Crippen LogP contribution in [-0.4, -0.2) is 18.5 Å². The van der Waals surface area contributed by atoms with E-state index in [4.69, 9.17) is 16.9 Å². The lowest BCUT2D eigenvalue weighted by atomic mass is 10.2. The summed E-state index contributed by atoms with van der Waals surface area (Å²) in [6, 6.07) is 6.40. The third kappa shape index (κ3) is 4.82. The summed E-state index contributed by atoms with van der Waals surface area (Å²) in [5.41, 5.74) is 0.555. The van der Waals surface area contributed by atoms with Gasteiger partial charge in [-0.25, -0.2) is 4.79 Å². The number of nitriles is 1. The Balaban J connectivity index is 2.65. The van der Waals surface area contributed by atoms with Crippen molar-refractivity contribution in [1.29, 1.82) is 5.26 Å². The highest BCUT2D eigenvalue weighted by Crippen LogP contribution is 2.20. The van der Waals surface area contributed by atoms with Gasteiger partial charge >= 0.3 is 5.97 Å². The van der Waals surface area contributed by atoms with Crippen LogP contribution in [0.25, 0.3) is 0 Å². The Morgan fingerprint density at radius 3 is 2.89 bits per heavy atom. The Labute approximate surface area is 115 Å². The fraction of sp³-hybridized carbons (Fsp3) is 0.154. The minimum absolute atomic E-state index is 0.275. The summed E-state index contributed by atoms with van der Waals surface area (Å²) in [4.78, 5) is 22.6. The molecule has 5 nitrogen and oxygen atoms in total.